The third kappa shape index (κ3) is 4.79. The first-order valence-electron chi connectivity index (χ1n) is 19.0. The van der Waals surface area contributed by atoms with E-state index in [0.717, 1.165) is 74.0 Å². The molecule has 5 heteroatoms. The molecule has 0 N–H and O–H groups in total. The van der Waals surface area contributed by atoms with Crippen LogP contribution >= 0.6 is 0 Å². The molecule has 8 aliphatic rings. The molecule has 0 spiro atoms. The molecule has 0 aromatic heterocycles. The second-order valence-electron chi connectivity index (χ2n) is 18.9. The first-order valence-corrected chi connectivity index (χ1v) is 20.4. The van der Waals surface area contributed by atoms with Crippen LogP contribution in [0.2, 0.25) is 0 Å². The highest BCUT2D eigenvalue weighted by Gasteiger charge is 2.60. The summed E-state index contributed by atoms with van der Waals surface area (Å²) < 4.78 is 38.7. The van der Waals surface area contributed by atoms with E-state index in [1.54, 1.807) is 0 Å². The molecule has 0 aromatic carbocycles. The van der Waals surface area contributed by atoms with Gasteiger partial charge in [0.05, 0.1) is 12.2 Å². The summed E-state index contributed by atoms with van der Waals surface area (Å²) in [7, 11) is -3.98. The third-order valence-electron chi connectivity index (χ3n) is 17.3. The van der Waals surface area contributed by atoms with Crippen LogP contribution in [-0.4, -0.2) is 20.6 Å². The zero-order chi connectivity index (χ0) is 29.8. The Morgan fingerprint density at radius 1 is 0.488 bits per heavy atom. The maximum Gasteiger partial charge on any atom is 0.400 e. The summed E-state index contributed by atoms with van der Waals surface area (Å²) in [5.74, 6) is 6.50. The highest BCUT2D eigenvalue weighted by molar-refractivity contribution is 7.81. The second-order valence-corrected chi connectivity index (χ2v) is 20.1. The quantitative estimate of drug-likeness (QED) is 0.316. The molecule has 8 aliphatic carbocycles. The lowest BCUT2D eigenvalue weighted by atomic mass is 9.45. The summed E-state index contributed by atoms with van der Waals surface area (Å²) in [5.41, 5.74) is 1.91. The lowest BCUT2D eigenvalue weighted by Gasteiger charge is -2.60. The van der Waals surface area contributed by atoms with Crippen molar-refractivity contribution < 1.29 is 16.8 Å². The van der Waals surface area contributed by atoms with Gasteiger partial charge in [0.15, 0.2) is 0 Å². The molecule has 0 bridgehead atoms. The topological polar surface area (TPSA) is 52.6 Å². The highest BCUT2D eigenvalue weighted by atomic mass is 32.3. The molecule has 0 heterocycles. The Hall–Kier alpha value is -0.130. The van der Waals surface area contributed by atoms with Gasteiger partial charge in [-0.1, -0.05) is 40.5 Å². The van der Waals surface area contributed by atoms with Gasteiger partial charge in [0.2, 0.25) is 0 Å². The standard InChI is InChI=1S/C38H62O4S/c1-35-17-5-7-31(35)29-11-9-25-23-27(13-21-37(25,3)33(29)15-19-35)41-43(39,40)42-28-14-22-38(4)26(24-28)10-12-30-32-8-6-18-36(32,2)20-16-34(30)38/h25-34H,5-24H2,1-4H3/t25-,26-,27+,28+,29+,30+,31-,32-,33-,34-,35+,36+,37-,38-/m0/s1. The van der Waals surface area contributed by atoms with Gasteiger partial charge in [0.1, 0.15) is 0 Å². The second kappa shape index (κ2) is 10.4. The van der Waals surface area contributed by atoms with Crippen molar-refractivity contribution in [2.24, 2.45) is 69.0 Å². The van der Waals surface area contributed by atoms with Crippen molar-refractivity contribution >= 4 is 10.4 Å². The minimum absolute atomic E-state index is 0.202. The van der Waals surface area contributed by atoms with Crippen LogP contribution in [0.15, 0.2) is 0 Å². The molecule has 8 saturated carbocycles. The Morgan fingerprint density at radius 3 is 1.37 bits per heavy atom. The molecule has 0 saturated heterocycles. The van der Waals surface area contributed by atoms with Crippen LogP contribution in [0.1, 0.15) is 156 Å². The summed E-state index contributed by atoms with van der Waals surface area (Å²) in [6, 6.07) is 0. The van der Waals surface area contributed by atoms with E-state index in [-0.39, 0.29) is 12.2 Å². The maximum absolute atomic E-state index is 13.4. The molecule has 0 aliphatic heterocycles. The van der Waals surface area contributed by atoms with E-state index in [2.05, 4.69) is 27.7 Å². The fourth-order valence-corrected chi connectivity index (χ4v) is 16.0. The zero-order valence-corrected chi connectivity index (χ0v) is 28.8. The summed E-state index contributed by atoms with van der Waals surface area (Å²) >= 11 is 0. The molecular weight excluding hydrogens is 552 g/mol. The third-order valence-corrected chi connectivity index (χ3v) is 18.3. The number of hydrogen-bond donors (Lipinski definition) is 0. The van der Waals surface area contributed by atoms with Gasteiger partial charge >= 0.3 is 10.4 Å². The summed E-state index contributed by atoms with van der Waals surface area (Å²) in [6.45, 7) is 10.3. The Kier molecular flexibility index (Phi) is 7.33. The van der Waals surface area contributed by atoms with E-state index < -0.39 is 10.4 Å². The van der Waals surface area contributed by atoms with Gasteiger partial charge in [-0.2, -0.15) is 8.42 Å². The van der Waals surface area contributed by atoms with Crippen molar-refractivity contribution in [3.63, 3.8) is 0 Å². The minimum atomic E-state index is -3.98. The molecule has 244 valence electrons. The van der Waals surface area contributed by atoms with Gasteiger partial charge in [-0.3, -0.25) is 0 Å². The molecular formula is C38H62O4S. The number of hydrogen-bond acceptors (Lipinski definition) is 4. The van der Waals surface area contributed by atoms with Crippen LogP contribution in [-0.2, 0) is 18.8 Å². The molecule has 0 unspecified atom stereocenters. The molecule has 0 aromatic rings. The Bertz CT molecular complexity index is 1100. The van der Waals surface area contributed by atoms with Crippen molar-refractivity contribution in [1.29, 1.82) is 0 Å². The largest absolute Gasteiger partial charge is 0.400 e. The normalized spacial score (nSPS) is 56.2. The van der Waals surface area contributed by atoms with Gasteiger partial charge in [-0.25, -0.2) is 8.37 Å². The van der Waals surface area contributed by atoms with Gasteiger partial charge < -0.3 is 0 Å². The van der Waals surface area contributed by atoms with Crippen LogP contribution < -0.4 is 0 Å². The Labute approximate surface area is 263 Å². The van der Waals surface area contributed by atoms with Gasteiger partial charge in [-0.05, 0) is 185 Å². The van der Waals surface area contributed by atoms with E-state index >= 15 is 0 Å². The van der Waals surface area contributed by atoms with E-state index in [9.17, 15) is 8.42 Å². The van der Waals surface area contributed by atoms with Crippen LogP contribution in [0.4, 0.5) is 0 Å². The molecule has 0 radical (unpaired) electrons. The van der Waals surface area contributed by atoms with Crippen LogP contribution in [0.25, 0.3) is 0 Å². The summed E-state index contributed by atoms with van der Waals surface area (Å²) in [4.78, 5) is 0. The molecule has 14 atom stereocenters. The zero-order valence-electron chi connectivity index (χ0n) is 28.0. The van der Waals surface area contributed by atoms with Crippen LogP contribution in [0.5, 0.6) is 0 Å². The highest BCUT2D eigenvalue weighted by Crippen LogP contribution is 2.68. The average molecular weight is 615 g/mol. The van der Waals surface area contributed by atoms with Crippen molar-refractivity contribution in [2.45, 2.75) is 168 Å². The van der Waals surface area contributed by atoms with Crippen LogP contribution in [0, 0.1) is 69.0 Å². The summed E-state index contributed by atoms with van der Waals surface area (Å²) in [6.07, 6.45) is 24.8. The Morgan fingerprint density at radius 2 is 0.930 bits per heavy atom. The van der Waals surface area contributed by atoms with Crippen molar-refractivity contribution in [3.8, 4) is 0 Å². The molecule has 43 heavy (non-hydrogen) atoms. The van der Waals surface area contributed by atoms with Gasteiger partial charge in [0, 0.05) is 0 Å². The average Bonchev–Trinajstić information content (AvgIpc) is 3.55. The van der Waals surface area contributed by atoms with E-state index in [1.165, 1.54) is 89.9 Å². The monoisotopic (exact) mass is 614 g/mol. The van der Waals surface area contributed by atoms with E-state index in [4.69, 9.17) is 8.37 Å². The van der Waals surface area contributed by atoms with E-state index in [1.807, 2.05) is 0 Å². The number of fused-ring (bicyclic) bond motifs is 10. The Balaban J connectivity index is 0.878. The first kappa shape index (κ1) is 30.2. The van der Waals surface area contributed by atoms with E-state index in [0.29, 0.717) is 33.5 Å². The first-order chi connectivity index (χ1) is 20.4. The fraction of sp³-hybridized carbons (Fsp3) is 1.00. The summed E-state index contributed by atoms with van der Waals surface area (Å²) in [5, 5.41) is 0. The molecule has 8 fully saturated rings. The SMILES string of the molecule is C[C@]12CCC[C@H]1[C@H]1CC[C@H]3C[C@H](OS(=O)(=O)O[C@@H]4CC[C@@]5(C)[C@@H](CC[C@@H]6[C@@H]7CCC[C@]7(C)CC[C@@H]65)C4)CC[C@]3(C)[C@H]1CC2. The molecule has 8 rings (SSSR count). The predicted molar refractivity (Wildman–Crippen MR) is 171 cm³/mol. The minimum Gasteiger partial charge on any atom is -0.245 e. The van der Waals surface area contributed by atoms with Crippen LogP contribution in [0.3, 0.4) is 0 Å². The lowest BCUT2D eigenvalue weighted by molar-refractivity contribution is -0.123. The van der Waals surface area contributed by atoms with Gasteiger partial charge in [0.25, 0.3) is 0 Å². The van der Waals surface area contributed by atoms with Crippen molar-refractivity contribution in [3.05, 3.63) is 0 Å². The van der Waals surface area contributed by atoms with Crippen molar-refractivity contribution in [2.75, 3.05) is 0 Å². The maximum atomic E-state index is 13.4. The molecule has 4 nitrogen and oxygen atoms in total. The van der Waals surface area contributed by atoms with Gasteiger partial charge in [-0.15, -0.1) is 0 Å². The van der Waals surface area contributed by atoms with Crippen molar-refractivity contribution in [1.82, 2.24) is 0 Å². The number of rotatable bonds is 4. The lowest BCUT2D eigenvalue weighted by Crippen LogP contribution is -2.54. The molecule has 0 amide bonds. The smallest absolute Gasteiger partial charge is 0.245 e. The predicted octanol–water partition coefficient (Wildman–Crippen LogP) is 9.87. The fourth-order valence-electron chi connectivity index (χ4n) is 15.0.